The molecule has 0 spiro atoms. The van der Waals surface area contributed by atoms with Crippen LogP contribution in [0.1, 0.15) is 54.4 Å². The monoisotopic (exact) mass is 423 g/mol. The number of alkyl halides is 3. The van der Waals surface area contributed by atoms with Crippen molar-refractivity contribution in [2.45, 2.75) is 56.8 Å². The van der Waals surface area contributed by atoms with Crippen LogP contribution in [0.15, 0.2) is 24.3 Å². The summed E-state index contributed by atoms with van der Waals surface area (Å²) in [5, 5.41) is 5.38. The fraction of sp³-hybridized carbons (Fsp3) is 0.636. The highest BCUT2D eigenvalue weighted by Gasteiger charge is 2.44. The van der Waals surface area contributed by atoms with Gasteiger partial charge < -0.3 is 10.6 Å². The largest absolute Gasteiger partial charge is 0.416 e. The predicted octanol–water partition coefficient (Wildman–Crippen LogP) is 3.20. The van der Waals surface area contributed by atoms with E-state index >= 15 is 0 Å². The van der Waals surface area contributed by atoms with Crippen LogP contribution >= 0.6 is 0 Å². The van der Waals surface area contributed by atoms with E-state index in [0.29, 0.717) is 6.04 Å². The van der Waals surface area contributed by atoms with Crippen LogP contribution in [0.3, 0.4) is 0 Å². The van der Waals surface area contributed by atoms with Crippen LogP contribution in [0.4, 0.5) is 13.2 Å². The van der Waals surface area contributed by atoms with Crippen molar-refractivity contribution in [3.05, 3.63) is 35.4 Å². The molecule has 5 nitrogen and oxygen atoms in total. The van der Waals surface area contributed by atoms with Crippen molar-refractivity contribution in [2.75, 3.05) is 19.6 Å². The van der Waals surface area contributed by atoms with Gasteiger partial charge in [-0.15, -0.1) is 0 Å². The summed E-state index contributed by atoms with van der Waals surface area (Å²) in [6, 6.07) is 4.90. The molecule has 3 aliphatic rings. The van der Waals surface area contributed by atoms with Gasteiger partial charge in [0.15, 0.2) is 0 Å². The highest BCUT2D eigenvalue weighted by molar-refractivity contribution is 5.96. The fourth-order valence-corrected chi connectivity index (χ4v) is 5.58. The number of benzene rings is 1. The molecule has 4 rings (SSSR count). The van der Waals surface area contributed by atoms with E-state index in [9.17, 15) is 22.8 Å². The number of likely N-dealkylation sites (tertiary alicyclic amines) is 1. The van der Waals surface area contributed by atoms with Crippen molar-refractivity contribution in [2.24, 2.45) is 11.8 Å². The van der Waals surface area contributed by atoms with Crippen molar-refractivity contribution in [1.82, 2.24) is 15.5 Å². The lowest BCUT2D eigenvalue weighted by Crippen LogP contribution is -2.46. The molecule has 0 aromatic heterocycles. The van der Waals surface area contributed by atoms with Crippen LogP contribution in [-0.4, -0.2) is 48.4 Å². The Hall–Kier alpha value is -2.09. The zero-order chi connectivity index (χ0) is 21.3. The maximum atomic E-state index is 12.8. The van der Waals surface area contributed by atoms with Gasteiger partial charge in [0, 0.05) is 30.7 Å². The molecular formula is C22H28F3N3O2. The quantitative estimate of drug-likeness (QED) is 0.765. The van der Waals surface area contributed by atoms with E-state index in [2.05, 4.69) is 15.5 Å². The molecule has 1 aromatic carbocycles. The Balaban J connectivity index is 1.24. The minimum atomic E-state index is -4.51. The van der Waals surface area contributed by atoms with Crippen molar-refractivity contribution in [3.8, 4) is 0 Å². The lowest BCUT2D eigenvalue weighted by Gasteiger charge is -2.37. The number of halogens is 3. The molecule has 1 aliphatic heterocycles. The Morgan fingerprint density at radius 3 is 2.50 bits per heavy atom. The van der Waals surface area contributed by atoms with Gasteiger partial charge in [-0.25, -0.2) is 0 Å². The number of nitrogens with zero attached hydrogens (tertiary/aromatic N) is 1. The summed E-state index contributed by atoms with van der Waals surface area (Å²) in [6.07, 6.45) is 3.00. The third kappa shape index (κ3) is 4.63. The summed E-state index contributed by atoms with van der Waals surface area (Å²) in [7, 11) is 0. The van der Waals surface area contributed by atoms with Crippen LogP contribution < -0.4 is 10.6 Å². The average Bonchev–Trinajstić information content (AvgIpc) is 3.26. The van der Waals surface area contributed by atoms with Crippen LogP contribution in [0.25, 0.3) is 0 Å². The summed E-state index contributed by atoms with van der Waals surface area (Å²) in [6.45, 7) is 1.57. The molecule has 2 amide bonds. The number of carbonyl (C=O) groups excluding carboxylic acids is 2. The standard InChI is InChI=1S/C22H28F3N3O2/c23-22(24,25)17-6-2-5-16(11-17)21(30)26-12-19(29)27-18-9-10-28(13-18)20-14-3-1-4-15(20)8-7-14/h2,5-6,11,14-15,18,20H,1,3-4,7-10,12-13H2,(H,26,30)(H,27,29). The zero-order valence-corrected chi connectivity index (χ0v) is 16.9. The van der Waals surface area contributed by atoms with E-state index in [1.54, 1.807) is 0 Å². The normalized spacial score (nSPS) is 29.0. The van der Waals surface area contributed by atoms with Crippen LogP contribution in [-0.2, 0) is 11.0 Å². The molecule has 3 unspecified atom stereocenters. The second kappa shape index (κ2) is 8.57. The average molecular weight is 423 g/mol. The predicted molar refractivity (Wildman–Crippen MR) is 106 cm³/mol. The molecule has 3 fully saturated rings. The molecule has 164 valence electrons. The van der Waals surface area contributed by atoms with Gasteiger partial charge in [-0.2, -0.15) is 13.2 Å². The second-order valence-electron chi connectivity index (χ2n) is 8.83. The Kier molecular flexibility index (Phi) is 6.04. The van der Waals surface area contributed by atoms with E-state index in [4.69, 9.17) is 0 Å². The Labute approximate surface area is 174 Å². The second-order valence-corrected chi connectivity index (χ2v) is 8.83. The van der Waals surface area contributed by atoms with Gasteiger partial charge in [-0.3, -0.25) is 14.5 Å². The number of hydrogen-bond donors (Lipinski definition) is 2. The molecular weight excluding hydrogens is 395 g/mol. The van der Waals surface area contributed by atoms with Crippen LogP contribution in [0.5, 0.6) is 0 Å². The number of nitrogens with one attached hydrogen (secondary N) is 2. The summed E-state index contributed by atoms with van der Waals surface area (Å²) in [5.41, 5.74) is -1.00. The van der Waals surface area contributed by atoms with Crippen molar-refractivity contribution < 1.29 is 22.8 Å². The van der Waals surface area contributed by atoms with Gasteiger partial charge in [0.1, 0.15) is 0 Å². The van der Waals surface area contributed by atoms with Gasteiger partial charge in [0.2, 0.25) is 5.91 Å². The van der Waals surface area contributed by atoms with Gasteiger partial charge in [-0.1, -0.05) is 12.5 Å². The Bertz CT molecular complexity index is 782. The molecule has 1 heterocycles. The maximum absolute atomic E-state index is 12.8. The topological polar surface area (TPSA) is 61.4 Å². The molecule has 1 saturated heterocycles. The molecule has 2 saturated carbocycles. The first-order chi connectivity index (χ1) is 14.3. The minimum absolute atomic E-state index is 0.0595. The summed E-state index contributed by atoms with van der Waals surface area (Å²) >= 11 is 0. The van der Waals surface area contributed by atoms with Gasteiger partial charge in [0.25, 0.3) is 5.91 Å². The highest BCUT2D eigenvalue weighted by atomic mass is 19.4. The highest BCUT2D eigenvalue weighted by Crippen LogP contribution is 2.45. The lowest BCUT2D eigenvalue weighted by molar-refractivity contribution is -0.137. The molecule has 2 aliphatic carbocycles. The van der Waals surface area contributed by atoms with Crippen molar-refractivity contribution in [3.63, 3.8) is 0 Å². The number of carbonyl (C=O) groups is 2. The first-order valence-electron chi connectivity index (χ1n) is 10.8. The first-order valence-corrected chi connectivity index (χ1v) is 10.8. The number of amides is 2. The molecule has 1 aromatic rings. The molecule has 0 radical (unpaired) electrons. The van der Waals surface area contributed by atoms with Gasteiger partial charge in [-0.05, 0) is 62.1 Å². The van der Waals surface area contributed by atoms with E-state index in [-0.39, 0.29) is 24.1 Å². The maximum Gasteiger partial charge on any atom is 0.416 e. The SMILES string of the molecule is O=C(CNC(=O)c1cccc(C(F)(F)F)c1)NC1CCN(C2C3CCCC2CC3)C1. The molecule has 2 bridgehead atoms. The number of rotatable bonds is 5. The van der Waals surface area contributed by atoms with Crippen molar-refractivity contribution >= 4 is 11.8 Å². The Morgan fingerprint density at radius 2 is 1.80 bits per heavy atom. The van der Waals surface area contributed by atoms with E-state index < -0.39 is 17.6 Å². The van der Waals surface area contributed by atoms with Crippen molar-refractivity contribution in [1.29, 1.82) is 0 Å². The summed E-state index contributed by atoms with van der Waals surface area (Å²) in [4.78, 5) is 26.9. The van der Waals surface area contributed by atoms with Gasteiger partial charge >= 0.3 is 6.18 Å². The fourth-order valence-electron chi connectivity index (χ4n) is 5.58. The molecule has 8 heteroatoms. The minimum Gasteiger partial charge on any atom is -0.350 e. The smallest absolute Gasteiger partial charge is 0.350 e. The first kappa shape index (κ1) is 21.2. The molecule has 3 atom stereocenters. The summed E-state index contributed by atoms with van der Waals surface area (Å²) < 4.78 is 38.4. The number of fused-ring (bicyclic) bond motifs is 2. The van der Waals surface area contributed by atoms with Crippen LogP contribution in [0.2, 0.25) is 0 Å². The van der Waals surface area contributed by atoms with E-state index in [0.717, 1.165) is 43.5 Å². The zero-order valence-electron chi connectivity index (χ0n) is 16.9. The third-order valence-corrected chi connectivity index (χ3v) is 6.89. The van der Waals surface area contributed by atoms with E-state index in [1.807, 2.05) is 0 Å². The van der Waals surface area contributed by atoms with E-state index in [1.165, 1.54) is 44.2 Å². The Morgan fingerprint density at radius 1 is 1.07 bits per heavy atom. The third-order valence-electron chi connectivity index (χ3n) is 6.89. The number of hydrogen-bond acceptors (Lipinski definition) is 3. The lowest BCUT2D eigenvalue weighted by atomic mass is 9.83. The van der Waals surface area contributed by atoms with Crippen LogP contribution in [0, 0.1) is 11.8 Å². The van der Waals surface area contributed by atoms with Gasteiger partial charge in [0.05, 0.1) is 12.1 Å². The summed E-state index contributed by atoms with van der Waals surface area (Å²) in [5.74, 6) is 0.590. The molecule has 2 N–H and O–H groups in total. The molecule has 30 heavy (non-hydrogen) atoms.